The van der Waals surface area contributed by atoms with Gasteiger partial charge in [-0.05, 0) is 0 Å². The number of hydrogen-bond donors (Lipinski definition) is 0. The van der Waals surface area contributed by atoms with E-state index in [-0.39, 0.29) is 11.9 Å². The van der Waals surface area contributed by atoms with E-state index in [1.165, 1.54) is 52.4 Å². The van der Waals surface area contributed by atoms with Crippen molar-refractivity contribution in [3.05, 3.63) is 0 Å². The van der Waals surface area contributed by atoms with Crippen LogP contribution >= 0.6 is 0 Å². The zero-order chi connectivity index (χ0) is 17.6. The Morgan fingerprint density at radius 3 is 1.30 bits per heavy atom. The number of rotatable bonds is 14. The fourth-order valence-electron chi connectivity index (χ4n) is 2.87. The second-order valence-electron chi connectivity index (χ2n) is 6.43. The van der Waals surface area contributed by atoms with Crippen LogP contribution in [0.2, 0.25) is 7.96 Å². The Kier molecular flexibility index (Phi) is 14.1. The van der Waals surface area contributed by atoms with Crippen molar-refractivity contribution in [2.24, 2.45) is 0 Å². The summed E-state index contributed by atoms with van der Waals surface area (Å²) in [6, 6.07) is 0. The predicted molar refractivity (Wildman–Crippen MR) is 96.4 cm³/mol. The summed E-state index contributed by atoms with van der Waals surface area (Å²) >= 11 is -3.75. The van der Waals surface area contributed by atoms with Crippen LogP contribution in [-0.4, -0.2) is 34.0 Å². The summed E-state index contributed by atoms with van der Waals surface area (Å²) < 4.78 is 13.1. The third-order valence-corrected chi connectivity index (χ3v) is 17.8. The summed E-state index contributed by atoms with van der Waals surface area (Å²) in [4.78, 5) is 23.1. The molecule has 0 aliphatic rings. The second kappa shape index (κ2) is 14.2. The SMILES string of the molecule is CCCCCC[CH2][Pb]([CH2]CCCCCC)([O]C(C)=O)[O]C(C)=O. The normalized spacial score (nSPS) is 11.3. The molecule has 0 heterocycles. The summed E-state index contributed by atoms with van der Waals surface area (Å²) in [7, 11) is 0. The van der Waals surface area contributed by atoms with Crippen molar-refractivity contribution in [3.8, 4) is 0 Å². The Balaban J connectivity index is 4.60. The fraction of sp³-hybridized carbons (Fsp3) is 0.889. The Labute approximate surface area is 148 Å². The van der Waals surface area contributed by atoms with E-state index < -0.39 is 22.1 Å². The molecule has 0 rings (SSSR count). The van der Waals surface area contributed by atoms with Crippen molar-refractivity contribution in [1.29, 1.82) is 0 Å². The Hall–Kier alpha value is -0.138. The molecule has 0 aromatic rings. The molecule has 0 saturated heterocycles. The van der Waals surface area contributed by atoms with Gasteiger partial charge in [0.1, 0.15) is 0 Å². The van der Waals surface area contributed by atoms with E-state index in [0.717, 1.165) is 33.6 Å². The van der Waals surface area contributed by atoms with Crippen LogP contribution < -0.4 is 0 Å². The molecule has 0 aromatic carbocycles. The van der Waals surface area contributed by atoms with Crippen molar-refractivity contribution >= 4 is 34.0 Å². The predicted octanol–water partition coefficient (Wildman–Crippen LogP) is 5.50. The summed E-state index contributed by atoms with van der Waals surface area (Å²) in [6.07, 6.45) is 11.6. The van der Waals surface area contributed by atoms with Gasteiger partial charge in [0, 0.05) is 0 Å². The van der Waals surface area contributed by atoms with Gasteiger partial charge in [-0.25, -0.2) is 0 Å². The van der Waals surface area contributed by atoms with Crippen molar-refractivity contribution in [1.82, 2.24) is 0 Å². The molecule has 0 amide bonds. The molecule has 0 radical (unpaired) electrons. The minimum absolute atomic E-state index is 0.282. The molecule has 5 heteroatoms. The molecule has 0 spiro atoms. The van der Waals surface area contributed by atoms with Gasteiger partial charge in [-0.2, -0.15) is 0 Å². The zero-order valence-electron chi connectivity index (χ0n) is 15.6. The van der Waals surface area contributed by atoms with E-state index in [0.29, 0.717) is 0 Å². The van der Waals surface area contributed by atoms with E-state index in [4.69, 9.17) is 5.37 Å². The molecule has 4 nitrogen and oxygen atoms in total. The van der Waals surface area contributed by atoms with Crippen LogP contribution in [0.15, 0.2) is 0 Å². The molecule has 0 fully saturated rings. The van der Waals surface area contributed by atoms with Crippen LogP contribution in [0, 0.1) is 0 Å². The topological polar surface area (TPSA) is 52.6 Å². The maximum absolute atomic E-state index is 11.6. The van der Waals surface area contributed by atoms with Crippen molar-refractivity contribution in [2.75, 3.05) is 0 Å². The monoisotopic (exact) mass is 524 g/mol. The summed E-state index contributed by atoms with van der Waals surface area (Å²) in [5.41, 5.74) is 0. The van der Waals surface area contributed by atoms with E-state index in [2.05, 4.69) is 13.8 Å². The fourth-order valence-corrected chi connectivity index (χ4v) is 15.8. The Morgan fingerprint density at radius 2 is 1.00 bits per heavy atom. The quantitative estimate of drug-likeness (QED) is 0.223. The second-order valence-corrected chi connectivity index (χ2v) is 19.0. The van der Waals surface area contributed by atoms with Crippen LogP contribution in [0.5, 0.6) is 0 Å². The first-order chi connectivity index (χ1) is 11.0. The van der Waals surface area contributed by atoms with Crippen molar-refractivity contribution in [3.63, 3.8) is 0 Å². The van der Waals surface area contributed by atoms with Crippen LogP contribution in [0.1, 0.15) is 91.9 Å². The van der Waals surface area contributed by atoms with Crippen molar-refractivity contribution in [2.45, 2.75) is 99.9 Å². The third kappa shape index (κ3) is 12.9. The van der Waals surface area contributed by atoms with Gasteiger partial charge in [-0.1, -0.05) is 0 Å². The summed E-state index contributed by atoms with van der Waals surface area (Å²) in [5, 5.41) is 0. The first-order valence-corrected chi connectivity index (χ1v) is 18.0. The standard InChI is InChI=1S/2C7H15.2C2H4O2.Pb/c2*1-3-5-7-6-4-2;2*1-2(3)4;/h2*1,3-7H2,2H3;2*1H3,(H,3,4);/q;;;;+2/p-2. The summed E-state index contributed by atoms with van der Waals surface area (Å²) in [5.74, 6) is -0.565. The van der Waals surface area contributed by atoms with Gasteiger partial charge in [0.05, 0.1) is 0 Å². The Morgan fingerprint density at radius 1 is 0.652 bits per heavy atom. The number of unbranched alkanes of at least 4 members (excludes halogenated alkanes) is 8. The van der Waals surface area contributed by atoms with Gasteiger partial charge < -0.3 is 0 Å². The molecule has 0 atom stereocenters. The molecule has 136 valence electrons. The average molecular weight is 524 g/mol. The maximum atomic E-state index is 11.6. The average Bonchev–Trinajstić information content (AvgIpc) is 2.45. The van der Waals surface area contributed by atoms with Crippen LogP contribution in [0.4, 0.5) is 0 Å². The first kappa shape index (κ1) is 22.9. The van der Waals surface area contributed by atoms with Crippen molar-refractivity contribution < 1.29 is 15.0 Å². The molecule has 0 N–H and O–H groups in total. The Bertz CT molecular complexity index is 299. The van der Waals surface area contributed by atoms with Gasteiger partial charge in [0.25, 0.3) is 0 Å². The molecule has 0 aromatic heterocycles. The third-order valence-electron chi connectivity index (χ3n) is 3.98. The van der Waals surface area contributed by atoms with Gasteiger partial charge >= 0.3 is 149 Å². The minimum atomic E-state index is -3.75. The van der Waals surface area contributed by atoms with Crippen LogP contribution in [-0.2, 0) is 15.0 Å². The molecule has 0 unspecified atom stereocenters. The molecule has 0 aliphatic heterocycles. The zero-order valence-corrected chi connectivity index (χ0v) is 19.5. The molecule has 0 saturated carbocycles. The molecule has 0 aliphatic carbocycles. The molecular formula is C18H36O4Pb. The van der Waals surface area contributed by atoms with Crippen LogP contribution in [0.25, 0.3) is 0 Å². The van der Waals surface area contributed by atoms with E-state index in [1.54, 1.807) is 0 Å². The number of carbonyl (C=O) groups excluding carboxylic acids is 2. The summed E-state index contributed by atoms with van der Waals surface area (Å²) in [6.45, 7) is 7.26. The van der Waals surface area contributed by atoms with E-state index >= 15 is 0 Å². The van der Waals surface area contributed by atoms with Gasteiger partial charge in [0.15, 0.2) is 0 Å². The van der Waals surface area contributed by atoms with E-state index in [9.17, 15) is 9.59 Å². The van der Waals surface area contributed by atoms with Crippen LogP contribution in [0.3, 0.4) is 0 Å². The number of carbonyl (C=O) groups is 2. The van der Waals surface area contributed by atoms with Gasteiger partial charge in [-0.3, -0.25) is 0 Å². The first-order valence-electron chi connectivity index (χ1n) is 9.35. The van der Waals surface area contributed by atoms with Gasteiger partial charge in [0.2, 0.25) is 0 Å². The van der Waals surface area contributed by atoms with E-state index in [1.807, 2.05) is 0 Å². The molecular weight excluding hydrogens is 487 g/mol. The molecule has 0 bridgehead atoms. The van der Waals surface area contributed by atoms with Gasteiger partial charge in [-0.15, -0.1) is 0 Å². The molecule has 23 heavy (non-hydrogen) atoms. The number of hydrogen-bond acceptors (Lipinski definition) is 4.